The van der Waals surface area contributed by atoms with Gasteiger partial charge in [0.2, 0.25) is 10.8 Å². The van der Waals surface area contributed by atoms with E-state index in [2.05, 4.69) is 0 Å². The van der Waals surface area contributed by atoms with E-state index in [1.807, 2.05) is 0 Å². The first kappa shape index (κ1) is 58.5. The zero-order valence-corrected chi connectivity index (χ0v) is 50.4. The van der Waals surface area contributed by atoms with Gasteiger partial charge in [0.05, 0.1) is 25.6 Å². The lowest BCUT2D eigenvalue weighted by Crippen LogP contribution is -2.51. The third kappa shape index (κ3) is 9.35. The van der Waals surface area contributed by atoms with Crippen molar-refractivity contribution in [1.29, 1.82) is 0 Å². The fraction of sp³-hybridized carbons (Fsp3) is 0.0811. The number of halogens is 4. The van der Waals surface area contributed by atoms with E-state index in [-0.39, 0.29) is 86.1 Å². The van der Waals surface area contributed by atoms with Crippen LogP contribution < -0.4 is 0 Å². The molecule has 0 amide bonds. The molecule has 4 aliphatic carbocycles. The molecule has 15 rings (SSSR count). The average Bonchev–Trinajstić information content (AvgIpc) is 1.49. The maximum absolute atomic E-state index is 16.4. The highest BCUT2D eigenvalue weighted by molar-refractivity contribution is 7.32. The fourth-order valence-electron chi connectivity index (χ4n) is 12.6. The summed E-state index contributed by atoms with van der Waals surface area (Å²) in [6.07, 6.45) is 3.81. The number of fused-ring (bicyclic) bond motifs is 11. The molecular weight excluding hydrogens is 1250 g/mol. The van der Waals surface area contributed by atoms with Crippen molar-refractivity contribution in [1.82, 2.24) is 0 Å². The van der Waals surface area contributed by atoms with Crippen molar-refractivity contribution in [3.8, 4) is 9.75 Å². The minimum absolute atomic E-state index is 0.00698. The second kappa shape index (κ2) is 22.5. The van der Waals surface area contributed by atoms with E-state index < -0.39 is 113 Å². The molecule has 454 valence electrons. The van der Waals surface area contributed by atoms with E-state index in [0.29, 0.717) is 36.7 Å². The minimum Gasteiger partial charge on any atom is -0.459 e. The summed E-state index contributed by atoms with van der Waals surface area (Å²) >= 11 is 3.09. The monoisotopic (exact) mass is 1290 g/mol. The molecule has 0 spiro atoms. The smallest absolute Gasteiger partial charge is 0.333 e. The van der Waals surface area contributed by atoms with E-state index >= 15 is 19.2 Å². The Labute approximate surface area is 535 Å². The van der Waals surface area contributed by atoms with Crippen LogP contribution in [0.1, 0.15) is 90.1 Å². The van der Waals surface area contributed by atoms with Gasteiger partial charge < -0.3 is 18.9 Å². The van der Waals surface area contributed by atoms with Crippen molar-refractivity contribution in [3.05, 3.63) is 293 Å². The number of benzene rings is 8. The number of carbonyl (C=O) groups excluding carboxylic acids is 8. The second-order valence-electron chi connectivity index (χ2n) is 22.5. The molecule has 0 fully saturated rings. The Kier molecular flexibility index (Phi) is 14.2. The number of rotatable bonds is 14. The lowest BCUT2D eigenvalue weighted by atomic mass is 9.69. The van der Waals surface area contributed by atoms with Crippen LogP contribution in [0.2, 0.25) is 0 Å². The summed E-state index contributed by atoms with van der Waals surface area (Å²) < 4.78 is 84.3. The number of carbonyl (C=O) groups is 8. The zero-order chi connectivity index (χ0) is 64.2. The number of Topliss-reactive ketones (excluding diaryl/α,β-unsaturated/α-hetero) is 4. The van der Waals surface area contributed by atoms with Crippen molar-refractivity contribution >= 4 is 124 Å². The third-order valence-corrected chi connectivity index (χ3v) is 20.7. The first-order valence-corrected chi connectivity index (χ1v) is 31.3. The maximum atomic E-state index is 16.4. The van der Waals surface area contributed by atoms with E-state index in [1.165, 1.54) is 36.4 Å². The SMILES string of the molecule is O=C1C(=CC2=Cc3sc4c(c3C2(C(=O)OCc2ccccc2)C(=O)OCc2ccccc2)C(C(=O)OCc2ccccc2)(C(=O)OCc2ccccc2)c2c-4sc3cc(C=C4C(=O)c5cc6cc(F)c(F)cc6cc5C4=O)sc23)C(=O)c2cc3cc(F)c(F)cc3cc21. The molecule has 0 saturated carbocycles. The van der Waals surface area contributed by atoms with Gasteiger partial charge >= 0.3 is 23.9 Å². The van der Waals surface area contributed by atoms with Gasteiger partial charge in [-0.15, -0.1) is 34.0 Å². The van der Waals surface area contributed by atoms with E-state index in [1.54, 1.807) is 127 Å². The topological polar surface area (TPSA) is 173 Å². The molecule has 4 aliphatic rings. The Hall–Kier alpha value is -10.9. The third-order valence-electron chi connectivity index (χ3n) is 17.0. The highest BCUT2D eigenvalue weighted by Crippen LogP contribution is 2.66. The van der Waals surface area contributed by atoms with Gasteiger partial charge in [-0.05, 0) is 122 Å². The maximum Gasteiger partial charge on any atom is 0.333 e. The average molecular weight is 1290 g/mol. The largest absolute Gasteiger partial charge is 0.459 e. The quantitative estimate of drug-likeness (QED) is 0.0252. The summed E-state index contributed by atoms with van der Waals surface area (Å²) in [7, 11) is 0. The first-order valence-electron chi connectivity index (χ1n) is 28.8. The summed E-state index contributed by atoms with van der Waals surface area (Å²) in [5.74, 6) is -12.9. The molecule has 0 saturated heterocycles. The molecule has 3 aromatic heterocycles. The first-order chi connectivity index (χ1) is 45.0. The Balaban J connectivity index is 0.963. The lowest BCUT2D eigenvalue weighted by Gasteiger charge is -2.33. The highest BCUT2D eigenvalue weighted by Gasteiger charge is 2.68. The minimum atomic E-state index is -2.94. The molecule has 0 radical (unpaired) electrons. The normalized spacial score (nSPS) is 14.6. The number of ether oxygens (including phenoxy) is 4. The van der Waals surface area contributed by atoms with E-state index in [9.17, 15) is 36.7 Å². The van der Waals surface area contributed by atoms with Gasteiger partial charge in [-0.1, -0.05) is 121 Å². The number of esters is 4. The molecule has 3 heterocycles. The van der Waals surface area contributed by atoms with Gasteiger partial charge in [0.25, 0.3) is 0 Å². The second-order valence-corrected chi connectivity index (χ2v) is 25.7. The number of allylic oxidation sites excluding steroid dienone is 3. The molecule has 0 aliphatic heterocycles. The van der Waals surface area contributed by atoms with Crippen molar-refractivity contribution in [3.63, 3.8) is 0 Å². The van der Waals surface area contributed by atoms with Crippen molar-refractivity contribution in [2.75, 3.05) is 0 Å². The molecule has 0 bridgehead atoms. The van der Waals surface area contributed by atoms with Gasteiger partial charge in [-0.2, -0.15) is 0 Å². The number of thiophene rings is 3. The standard InChI is InChI=1S/C74H40F4O12S3/c75-53-25-41-21-47-48(22-42(41)26-54(53)76)63(80)51(62(47)79)29-45-30-57-59(73(45,69(83)87-33-37-13-5-1-6-14-37)70(84)88-34-38-15-7-2-8-16-38)60-67(92-57)68-61(74(60,71(85)89-35-39-17-9-3-10-18-39)72(86)90-36-40-19-11-4-12-20-40)66-58(93-68)32-46(91-66)31-52-64(81)49-23-43-27-55(77)56(78)28-44(43)24-50(49)65(52)82/h1-32H,33-36H2. The van der Waals surface area contributed by atoms with Crippen molar-refractivity contribution in [2.45, 2.75) is 37.3 Å². The highest BCUT2D eigenvalue weighted by atomic mass is 32.1. The van der Waals surface area contributed by atoms with Gasteiger partial charge in [0, 0.05) is 53.4 Å². The summed E-state index contributed by atoms with van der Waals surface area (Å²) in [6.45, 7) is -1.76. The van der Waals surface area contributed by atoms with Crippen LogP contribution in [0.3, 0.4) is 0 Å². The predicted molar refractivity (Wildman–Crippen MR) is 340 cm³/mol. The zero-order valence-electron chi connectivity index (χ0n) is 47.9. The van der Waals surface area contributed by atoms with Crippen LogP contribution in [-0.4, -0.2) is 47.0 Å². The van der Waals surface area contributed by atoms with Crippen LogP contribution in [0.15, 0.2) is 199 Å². The van der Waals surface area contributed by atoms with Gasteiger partial charge in [-0.3, -0.25) is 38.4 Å². The molecule has 0 atom stereocenters. The lowest BCUT2D eigenvalue weighted by molar-refractivity contribution is -0.167. The fourth-order valence-corrected chi connectivity index (χ4v) is 16.8. The molecule has 93 heavy (non-hydrogen) atoms. The molecule has 0 N–H and O–H groups in total. The van der Waals surface area contributed by atoms with Crippen LogP contribution in [0, 0.1) is 23.3 Å². The Morgan fingerprint density at radius 3 is 1.11 bits per heavy atom. The van der Waals surface area contributed by atoms with Gasteiger partial charge in [-0.25, -0.2) is 17.6 Å². The van der Waals surface area contributed by atoms with Crippen molar-refractivity contribution in [2.24, 2.45) is 0 Å². The predicted octanol–water partition coefficient (Wildman–Crippen LogP) is 15.2. The summed E-state index contributed by atoms with van der Waals surface area (Å²) in [5.41, 5.74) is -5.97. The van der Waals surface area contributed by atoms with E-state index in [0.717, 1.165) is 64.4 Å². The van der Waals surface area contributed by atoms with Crippen LogP contribution in [0.25, 0.3) is 52.9 Å². The van der Waals surface area contributed by atoms with Crippen LogP contribution in [-0.2, 0) is 75.4 Å². The number of hydrogen-bond acceptors (Lipinski definition) is 15. The summed E-state index contributed by atoms with van der Waals surface area (Å²) in [4.78, 5) is 124. The molecule has 11 aromatic rings. The van der Waals surface area contributed by atoms with Crippen molar-refractivity contribution < 1.29 is 74.9 Å². The molecule has 19 heteroatoms. The Morgan fingerprint density at radius 1 is 0.387 bits per heavy atom. The Morgan fingerprint density at radius 2 is 0.731 bits per heavy atom. The molecular formula is C74H40F4O12S3. The molecule has 0 unspecified atom stereocenters. The van der Waals surface area contributed by atoms with Crippen LogP contribution >= 0.6 is 34.0 Å². The van der Waals surface area contributed by atoms with Crippen LogP contribution in [0.5, 0.6) is 0 Å². The molecule has 8 aromatic carbocycles. The van der Waals surface area contributed by atoms with Gasteiger partial charge in [0.1, 0.15) is 26.4 Å². The number of ketones is 4. The molecule has 12 nitrogen and oxygen atoms in total. The van der Waals surface area contributed by atoms with Crippen LogP contribution in [0.4, 0.5) is 17.6 Å². The summed E-state index contributed by atoms with van der Waals surface area (Å²) in [6, 6.07) is 44.5. The summed E-state index contributed by atoms with van der Waals surface area (Å²) in [5, 5.41) is 0.564. The Bertz CT molecular complexity index is 5020. The van der Waals surface area contributed by atoms with E-state index in [4.69, 9.17) is 18.9 Å². The van der Waals surface area contributed by atoms with Gasteiger partial charge in [0.15, 0.2) is 46.4 Å². The number of hydrogen-bond donors (Lipinski definition) is 0.